The standard InChI is InChI=1S/C12H13F3N4O2/c1-21-12(20)11(17-3-2-4-18-19-16)7-5-8(13)10(15)9(14)6-7/h5-6,11,17H,2-4H2,1H3. The molecule has 1 unspecified atom stereocenters. The molecule has 1 aromatic carbocycles. The maximum Gasteiger partial charge on any atom is 0.327 e. The van der Waals surface area contributed by atoms with Crippen molar-refractivity contribution in [3.8, 4) is 0 Å². The molecule has 0 spiro atoms. The fourth-order valence-corrected chi connectivity index (χ4v) is 1.64. The van der Waals surface area contributed by atoms with E-state index in [2.05, 4.69) is 20.1 Å². The van der Waals surface area contributed by atoms with Gasteiger partial charge >= 0.3 is 5.97 Å². The Labute approximate surface area is 118 Å². The summed E-state index contributed by atoms with van der Waals surface area (Å²) >= 11 is 0. The SMILES string of the molecule is COC(=O)C(NCCCN=[N+]=[N-])c1cc(F)c(F)c(F)c1. The topological polar surface area (TPSA) is 87.1 Å². The Bertz CT molecular complexity index is 538. The molecule has 1 atom stereocenters. The first-order chi connectivity index (χ1) is 10.0. The number of hydrogen-bond acceptors (Lipinski definition) is 4. The number of nitrogens with one attached hydrogen (secondary N) is 1. The molecule has 0 amide bonds. The van der Waals surface area contributed by atoms with Crippen LogP contribution in [0, 0.1) is 17.5 Å². The van der Waals surface area contributed by atoms with Crippen LogP contribution in [0.5, 0.6) is 0 Å². The molecule has 0 saturated carbocycles. The largest absolute Gasteiger partial charge is 0.468 e. The molecule has 0 aliphatic heterocycles. The van der Waals surface area contributed by atoms with Gasteiger partial charge in [0.05, 0.1) is 7.11 Å². The normalized spacial score (nSPS) is 11.6. The number of benzene rings is 1. The van der Waals surface area contributed by atoms with Crippen molar-refractivity contribution in [2.75, 3.05) is 20.2 Å². The van der Waals surface area contributed by atoms with Gasteiger partial charge in [-0.3, -0.25) is 0 Å². The number of esters is 1. The zero-order valence-corrected chi connectivity index (χ0v) is 11.1. The number of rotatable bonds is 7. The molecule has 0 saturated heterocycles. The second-order valence-electron chi connectivity index (χ2n) is 4.02. The van der Waals surface area contributed by atoms with Crippen molar-refractivity contribution in [3.63, 3.8) is 0 Å². The van der Waals surface area contributed by atoms with E-state index in [-0.39, 0.29) is 18.7 Å². The van der Waals surface area contributed by atoms with E-state index in [0.29, 0.717) is 6.42 Å². The summed E-state index contributed by atoms with van der Waals surface area (Å²) in [6.07, 6.45) is 0.406. The lowest BCUT2D eigenvalue weighted by Gasteiger charge is -2.17. The third-order valence-corrected chi connectivity index (χ3v) is 2.62. The Morgan fingerprint density at radius 2 is 2.05 bits per heavy atom. The molecular formula is C12H13F3N4O2. The Morgan fingerprint density at radius 1 is 1.43 bits per heavy atom. The van der Waals surface area contributed by atoms with Crippen molar-refractivity contribution in [2.45, 2.75) is 12.5 Å². The number of hydrogen-bond donors (Lipinski definition) is 1. The van der Waals surface area contributed by atoms with Crippen LogP contribution in [0.4, 0.5) is 13.2 Å². The van der Waals surface area contributed by atoms with Gasteiger partial charge in [-0.15, -0.1) is 0 Å². The van der Waals surface area contributed by atoms with Crippen LogP contribution in [0.1, 0.15) is 18.0 Å². The molecule has 114 valence electrons. The van der Waals surface area contributed by atoms with E-state index in [1.807, 2.05) is 0 Å². The highest BCUT2D eigenvalue weighted by Crippen LogP contribution is 2.20. The smallest absolute Gasteiger partial charge is 0.327 e. The maximum absolute atomic E-state index is 13.2. The Kier molecular flexibility index (Phi) is 6.51. The molecule has 0 bridgehead atoms. The molecule has 1 rings (SSSR count). The highest BCUT2D eigenvalue weighted by atomic mass is 19.2. The van der Waals surface area contributed by atoms with Gasteiger partial charge in [0.1, 0.15) is 6.04 Å². The first-order valence-electron chi connectivity index (χ1n) is 5.97. The van der Waals surface area contributed by atoms with Gasteiger partial charge in [-0.05, 0) is 36.2 Å². The first kappa shape index (κ1) is 16.8. The van der Waals surface area contributed by atoms with Crippen LogP contribution in [0.15, 0.2) is 17.2 Å². The van der Waals surface area contributed by atoms with E-state index >= 15 is 0 Å². The van der Waals surface area contributed by atoms with Crippen LogP contribution in [-0.4, -0.2) is 26.2 Å². The molecular weight excluding hydrogens is 289 g/mol. The Hall–Kier alpha value is -2.25. The number of methoxy groups -OCH3 is 1. The summed E-state index contributed by atoms with van der Waals surface area (Å²) in [6.45, 7) is 0.433. The molecule has 0 fully saturated rings. The van der Waals surface area contributed by atoms with Crippen molar-refractivity contribution >= 4 is 5.97 Å². The van der Waals surface area contributed by atoms with E-state index in [4.69, 9.17) is 5.53 Å². The van der Waals surface area contributed by atoms with Crippen molar-refractivity contribution < 1.29 is 22.7 Å². The van der Waals surface area contributed by atoms with E-state index in [1.54, 1.807) is 0 Å². The zero-order valence-electron chi connectivity index (χ0n) is 11.1. The van der Waals surface area contributed by atoms with Gasteiger partial charge in [-0.1, -0.05) is 5.11 Å². The quantitative estimate of drug-likeness (QED) is 0.210. The van der Waals surface area contributed by atoms with Crippen LogP contribution >= 0.6 is 0 Å². The number of carbonyl (C=O) groups is 1. The van der Waals surface area contributed by atoms with Crippen LogP contribution < -0.4 is 5.32 Å². The highest BCUT2D eigenvalue weighted by molar-refractivity contribution is 5.77. The average Bonchev–Trinajstić information content (AvgIpc) is 2.47. The lowest BCUT2D eigenvalue weighted by atomic mass is 10.1. The fraction of sp³-hybridized carbons (Fsp3) is 0.417. The Balaban J connectivity index is 2.87. The summed E-state index contributed by atoms with van der Waals surface area (Å²) in [7, 11) is 1.12. The summed E-state index contributed by atoms with van der Waals surface area (Å²) in [5.41, 5.74) is 8.02. The minimum absolute atomic E-state index is 0.0953. The van der Waals surface area contributed by atoms with Crippen molar-refractivity contribution in [1.82, 2.24) is 5.32 Å². The van der Waals surface area contributed by atoms with Gasteiger partial charge in [0, 0.05) is 11.5 Å². The molecule has 1 aromatic rings. The average molecular weight is 302 g/mol. The molecule has 21 heavy (non-hydrogen) atoms. The minimum Gasteiger partial charge on any atom is -0.468 e. The van der Waals surface area contributed by atoms with E-state index in [0.717, 1.165) is 19.2 Å². The number of nitrogens with zero attached hydrogens (tertiary/aromatic N) is 3. The number of ether oxygens (including phenoxy) is 1. The zero-order chi connectivity index (χ0) is 15.8. The van der Waals surface area contributed by atoms with E-state index < -0.39 is 29.5 Å². The van der Waals surface area contributed by atoms with Crippen molar-refractivity contribution in [1.29, 1.82) is 0 Å². The molecule has 0 aliphatic carbocycles. The lowest BCUT2D eigenvalue weighted by Crippen LogP contribution is -2.31. The molecule has 6 nitrogen and oxygen atoms in total. The van der Waals surface area contributed by atoms with E-state index in [9.17, 15) is 18.0 Å². The maximum atomic E-state index is 13.2. The minimum atomic E-state index is -1.61. The molecule has 0 radical (unpaired) electrons. The van der Waals surface area contributed by atoms with Crippen LogP contribution in [0.25, 0.3) is 10.4 Å². The van der Waals surface area contributed by atoms with E-state index in [1.165, 1.54) is 0 Å². The second-order valence-corrected chi connectivity index (χ2v) is 4.02. The Morgan fingerprint density at radius 3 is 2.57 bits per heavy atom. The second kappa shape index (κ2) is 8.13. The van der Waals surface area contributed by atoms with Crippen LogP contribution in [0.2, 0.25) is 0 Å². The summed E-state index contributed by atoms with van der Waals surface area (Å²) < 4.78 is 43.9. The summed E-state index contributed by atoms with van der Waals surface area (Å²) in [5, 5.41) is 6.01. The molecule has 9 heteroatoms. The highest BCUT2D eigenvalue weighted by Gasteiger charge is 2.23. The third kappa shape index (κ3) is 4.66. The van der Waals surface area contributed by atoms with Gasteiger partial charge in [-0.2, -0.15) is 0 Å². The molecule has 1 N–H and O–H groups in total. The number of halogens is 3. The van der Waals surface area contributed by atoms with Crippen LogP contribution in [-0.2, 0) is 9.53 Å². The summed E-state index contributed by atoms with van der Waals surface area (Å²) in [6, 6.07) is 0.298. The predicted molar refractivity (Wildman–Crippen MR) is 67.7 cm³/mol. The van der Waals surface area contributed by atoms with Gasteiger partial charge in [-0.25, -0.2) is 18.0 Å². The molecule has 0 aromatic heterocycles. The monoisotopic (exact) mass is 302 g/mol. The van der Waals surface area contributed by atoms with Gasteiger partial charge in [0.2, 0.25) is 0 Å². The third-order valence-electron chi connectivity index (χ3n) is 2.62. The molecule has 0 heterocycles. The summed E-state index contributed by atoms with van der Waals surface area (Å²) in [5.74, 6) is -5.17. The predicted octanol–water partition coefficient (Wildman–Crippen LogP) is 2.61. The van der Waals surface area contributed by atoms with Gasteiger partial charge < -0.3 is 10.1 Å². The number of azide groups is 1. The lowest BCUT2D eigenvalue weighted by molar-refractivity contribution is -0.143. The fourth-order valence-electron chi connectivity index (χ4n) is 1.64. The molecule has 0 aliphatic rings. The van der Waals surface area contributed by atoms with Crippen molar-refractivity contribution in [2.24, 2.45) is 5.11 Å². The summed E-state index contributed by atoms with van der Waals surface area (Å²) in [4.78, 5) is 14.2. The van der Waals surface area contributed by atoms with Gasteiger partial charge in [0.25, 0.3) is 0 Å². The van der Waals surface area contributed by atoms with Gasteiger partial charge in [0.15, 0.2) is 17.5 Å². The van der Waals surface area contributed by atoms with Crippen molar-refractivity contribution in [3.05, 3.63) is 45.6 Å². The number of carbonyl (C=O) groups excluding carboxylic acids is 1. The first-order valence-corrected chi connectivity index (χ1v) is 5.97. The van der Waals surface area contributed by atoms with Crippen LogP contribution in [0.3, 0.4) is 0 Å².